The fraction of sp³-hybridized carbons (Fsp3) is 0.294. The Hall–Kier alpha value is -6.64. The minimum atomic E-state index is -0.154. The molecule has 8 aliphatic carbocycles. The highest BCUT2D eigenvalue weighted by atomic mass is 15.2. The van der Waals surface area contributed by atoms with Gasteiger partial charge in [0.1, 0.15) is 0 Å². The molecule has 0 amide bonds. The largest absolute Gasteiger partial charge is 0.310 e. The lowest BCUT2D eigenvalue weighted by Crippen LogP contribution is -2.18. The van der Waals surface area contributed by atoms with E-state index in [0.29, 0.717) is 11.8 Å². The van der Waals surface area contributed by atoms with Crippen LogP contribution in [-0.4, -0.2) is 0 Å². The van der Waals surface area contributed by atoms with Crippen molar-refractivity contribution in [3.05, 3.63) is 226 Å². The van der Waals surface area contributed by atoms with Gasteiger partial charge in [-0.25, -0.2) is 0 Å². The SMILES string of the molecule is CC1(C)c2ccccc2-c2c(-c3ccccc3)cc(N(c3ccc(C4CC5CCC4C5)cc3)c3cc4ccc3CCc3ccc(c(N(c5ccccc5)c5ccc(C6CCCCC6)cc5)c3)CC4)cc21. The van der Waals surface area contributed by atoms with Gasteiger partial charge in [0.25, 0.3) is 0 Å². The molecule has 348 valence electrons. The molecule has 0 spiro atoms. The van der Waals surface area contributed by atoms with Crippen LogP contribution < -0.4 is 9.80 Å². The molecule has 70 heavy (non-hydrogen) atoms. The molecule has 0 heterocycles. The van der Waals surface area contributed by atoms with Crippen molar-refractivity contribution in [2.24, 2.45) is 11.8 Å². The molecule has 3 atom stereocenters. The van der Waals surface area contributed by atoms with Crippen molar-refractivity contribution in [3.8, 4) is 22.3 Å². The summed E-state index contributed by atoms with van der Waals surface area (Å²) in [6, 6.07) is 70.8. The minimum Gasteiger partial charge on any atom is -0.310 e. The molecule has 0 radical (unpaired) electrons. The summed E-state index contributed by atoms with van der Waals surface area (Å²) in [4.78, 5) is 5.17. The first-order valence-corrected chi connectivity index (χ1v) is 26.9. The normalized spacial score (nSPS) is 19.9. The average molecular weight is 911 g/mol. The second kappa shape index (κ2) is 18.0. The molecule has 8 aromatic carbocycles. The van der Waals surface area contributed by atoms with Gasteiger partial charge >= 0.3 is 0 Å². The van der Waals surface area contributed by atoms with E-state index in [1.165, 1.54) is 159 Å². The zero-order valence-electron chi connectivity index (χ0n) is 41.2. The first-order valence-electron chi connectivity index (χ1n) is 26.9. The van der Waals surface area contributed by atoms with E-state index in [9.17, 15) is 0 Å². The van der Waals surface area contributed by atoms with Gasteiger partial charge in [-0.1, -0.05) is 161 Å². The zero-order chi connectivity index (χ0) is 46.8. The maximum Gasteiger partial charge on any atom is 0.0496 e. The topological polar surface area (TPSA) is 6.48 Å². The van der Waals surface area contributed by atoms with E-state index < -0.39 is 0 Å². The highest BCUT2D eigenvalue weighted by Gasteiger charge is 2.41. The van der Waals surface area contributed by atoms with E-state index in [2.05, 4.69) is 206 Å². The predicted octanol–water partition coefficient (Wildman–Crippen LogP) is 18.4. The maximum atomic E-state index is 2.64. The van der Waals surface area contributed by atoms with Crippen LogP contribution in [0.5, 0.6) is 0 Å². The molecule has 3 fully saturated rings. The Morgan fingerprint density at radius 3 is 1.64 bits per heavy atom. The summed E-state index contributed by atoms with van der Waals surface area (Å²) in [6.07, 6.45) is 16.1. The number of aryl methyl sites for hydroxylation is 4. The van der Waals surface area contributed by atoms with Gasteiger partial charge in [0.05, 0.1) is 0 Å². The summed E-state index contributed by atoms with van der Waals surface area (Å²) < 4.78 is 0. The first kappa shape index (κ1) is 43.4. The lowest BCUT2D eigenvalue weighted by Gasteiger charge is -2.32. The van der Waals surface area contributed by atoms with E-state index in [1.54, 1.807) is 0 Å². The number of rotatable bonds is 9. The first-order chi connectivity index (χ1) is 34.4. The van der Waals surface area contributed by atoms with Gasteiger partial charge < -0.3 is 9.80 Å². The summed E-state index contributed by atoms with van der Waals surface area (Å²) in [6.45, 7) is 4.86. The van der Waals surface area contributed by atoms with Crippen molar-refractivity contribution in [2.75, 3.05) is 9.80 Å². The Morgan fingerprint density at radius 2 is 1.01 bits per heavy atom. The van der Waals surface area contributed by atoms with Crippen LogP contribution in [0.15, 0.2) is 182 Å². The van der Waals surface area contributed by atoms with Gasteiger partial charge in [-0.15, -0.1) is 0 Å². The van der Waals surface area contributed by atoms with Crippen LogP contribution in [0.4, 0.5) is 34.1 Å². The number of anilines is 6. The fourth-order valence-electron chi connectivity index (χ4n) is 14.0. The van der Waals surface area contributed by atoms with Crippen LogP contribution in [0.2, 0.25) is 0 Å². The van der Waals surface area contributed by atoms with Crippen molar-refractivity contribution in [1.29, 1.82) is 0 Å². The van der Waals surface area contributed by atoms with Crippen LogP contribution >= 0.6 is 0 Å². The zero-order valence-corrected chi connectivity index (χ0v) is 41.2. The average Bonchev–Trinajstić information content (AvgIpc) is 4.11. The number of hydrogen-bond donors (Lipinski definition) is 0. The lowest BCUT2D eigenvalue weighted by molar-refractivity contribution is 0.420. The monoisotopic (exact) mass is 911 g/mol. The number of fused-ring (bicyclic) bond motifs is 5. The lowest BCUT2D eigenvalue weighted by atomic mass is 9.81. The number of nitrogens with zero attached hydrogens (tertiary/aromatic N) is 2. The molecule has 8 aromatic rings. The Kier molecular flexibility index (Phi) is 11.1. The molecule has 6 bridgehead atoms. The fourth-order valence-corrected chi connectivity index (χ4v) is 14.0. The smallest absolute Gasteiger partial charge is 0.0496 e. The second-order valence-electron chi connectivity index (χ2n) is 22.2. The summed E-state index contributed by atoms with van der Waals surface area (Å²) in [5, 5.41) is 0. The van der Waals surface area contributed by atoms with Gasteiger partial charge in [0, 0.05) is 39.5 Å². The summed E-state index contributed by atoms with van der Waals surface area (Å²) in [5.74, 6) is 3.16. The standard InChI is InChI=1S/C68H66N2/c1-68(2)63-21-13-12-20-60(63)67-62(51-16-8-4-9-17-51)44-59(45-64(67)68)70(58-38-34-52(35-39-58)61-41-48-26-31-55(61)40-48)66-43-47-23-28-53-27-22-46(24-29-54(66)30-25-47)42-65(53)69(56-18-10-5-11-19-56)57-36-32-50(33-37-57)49-14-6-3-7-15-49/h4-5,8-13,16-22,25,27,30,32-39,42-45,48-49,55,61H,3,6-7,14-15,23-24,26,28-29,31,40-41H2,1-2H3. The quantitative estimate of drug-likeness (QED) is 0.142. The van der Waals surface area contributed by atoms with E-state index in [-0.39, 0.29) is 5.41 Å². The molecule has 0 aliphatic heterocycles. The number of benzene rings is 8. The van der Waals surface area contributed by atoms with Crippen molar-refractivity contribution >= 4 is 34.1 Å². The van der Waals surface area contributed by atoms with Crippen LogP contribution in [0.1, 0.15) is 128 Å². The van der Waals surface area contributed by atoms with Crippen LogP contribution in [0, 0.1) is 11.8 Å². The van der Waals surface area contributed by atoms with Crippen LogP contribution in [-0.2, 0) is 31.1 Å². The summed E-state index contributed by atoms with van der Waals surface area (Å²) in [7, 11) is 0. The van der Waals surface area contributed by atoms with E-state index >= 15 is 0 Å². The molecule has 0 aromatic heterocycles. The van der Waals surface area contributed by atoms with Gasteiger partial charge in [-0.3, -0.25) is 0 Å². The number of hydrogen-bond acceptors (Lipinski definition) is 2. The molecule has 2 heteroatoms. The van der Waals surface area contributed by atoms with Crippen molar-refractivity contribution < 1.29 is 0 Å². The highest BCUT2D eigenvalue weighted by molar-refractivity contribution is 5.96. The van der Waals surface area contributed by atoms with Gasteiger partial charge in [-0.05, 0) is 209 Å². The van der Waals surface area contributed by atoms with Crippen LogP contribution in [0.3, 0.4) is 0 Å². The Bertz CT molecular complexity index is 3180. The molecule has 2 nitrogen and oxygen atoms in total. The Labute approximate surface area is 417 Å². The van der Waals surface area contributed by atoms with E-state index in [1.807, 2.05) is 0 Å². The maximum absolute atomic E-state index is 2.64. The molecule has 16 rings (SSSR count). The van der Waals surface area contributed by atoms with Gasteiger partial charge in [0.2, 0.25) is 0 Å². The minimum absolute atomic E-state index is 0.154. The molecule has 3 saturated carbocycles. The highest BCUT2D eigenvalue weighted by Crippen LogP contribution is 2.56. The van der Waals surface area contributed by atoms with Gasteiger partial charge in [0.15, 0.2) is 0 Å². The number of para-hydroxylation sites is 1. The molecule has 3 unspecified atom stereocenters. The van der Waals surface area contributed by atoms with E-state index in [4.69, 9.17) is 0 Å². The van der Waals surface area contributed by atoms with Crippen LogP contribution in [0.25, 0.3) is 22.3 Å². The molecule has 0 saturated heterocycles. The van der Waals surface area contributed by atoms with Crippen molar-refractivity contribution in [2.45, 2.75) is 115 Å². The Morgan fingerprint density at radius 1 is 0.429 bits per heavy atom. The summed E-state index contributed by atoms with van der Waals surface area (Å²) >= 11 is 0. The molecule has 8 aliphatic rings. The van der Waals surface area contributed by atoms with Crippen molar-refractivity contribution in [3.63, 3.8) is 0 Å². The Balaban J connectivity index is 0.921. The second-order valence-corrected chi connectivity index (χ2v) is 22.2. The third-order valence-electron chi connectivity index (χ3n) is 17.7. The van der Waals surface area contributed by atoms with E-state index in [0.717, 1.165) is 37.5 Å². The predicted molar refractivity (Wildman–Crippen MR) is 294 cm³/mol. The molecule has 0 N–H and O–H groups in total. The summed E-state index contributed by atoms with van der Waals surface area (Å²) in [5.41, 5.74) is 24.0. The molecular formula is C68H66N2. The third kappa shape index (κ3) is 7.79. The van der Waals surface area contributed by atoms with Crippen molar-refractivity contribution in [1.82, 2.24) is 0 Å². The molecular weight excluding hydrogens is 845 g/mol. The van der Waals surface area contributed by atoms with Gasteiger partial charge in [-0.2, -0.15) is 0 Å². The third-order valence-corrected chi connectivity index (χ3v) is 17.7.